The molecule has 0 aromatic carbocycles. The van der Waals surface area contributed by atoms with E-state index in [1.165, 1.54) is 0 Å². The first-order chi connectivity index (χ1) is 3.79. The number of ether oxygens (including phenoxy) is 1. The summed E-state index contributed by atoms with van der Waals surface area (Å²) in [6, 6.07) is 0. The van der Waals surface area contributed by atoms with Crippen LogP contribution in [0, 0.1) is 12.8 Å². The third-order valence-corrected chi connectivity index (χ3v) is 1.27. The summed E-state index contributed by atoms with van der Waals surface area (Å²) >= 11 is 0. The minimum Gasteiger partial charge on any atom is -0.391 e. The molecule has 2 heteroatoms. The van der Waals surface area contributed by atoms with Gasteiger partial charge in [-0.3, -0.25) is 0 Å². The summed E-state index contributed by atoms with van der Waals surface area (Å²) in [6.45, 7) is 4.96. The number of aliphatic hydroxyl groups excluding tert-OH is 1. The third-order valence-electron chi connectivity index (χ3n) is 1.27. The van der Waals surface area contributed by atoms with Gasteiger partial charge in [0.1, 0.15) is 0 Å². The summed E-state index contributed by atoms with van der Waals surface area (Å²) in [5.41, 5.74) is 0. The van der Waals surface area contributed by atoms with Crippen molar-refractivity contribution >= 4 is 0 Å². The van der Waals surface area contributed by atoms with Gasteiger partial charge in [-0.15, -0.1) is 0 Å². The van der Waals surface area contributed by atoms with Gasteiger partial charge >= 0.3 is 0 Å². The van der Waals surface area contributed by atoms with Crippen molar-refractivity contribution < 1.29 is 9.84 Å². The Balaban J connectivity index is 2.23. The second kappa shape index (κ2) is 2.46. The summed E-state index contributed by atoms with van der Waals surface area (Å²) in [5.74, 6) is 0.291. The first-order valence-electron chi connectivity index (χ1n) is 2.88. The fourth-order valence-electron chi connectivity index (χ4n) is 0.892. The largest absolute Gasteiger partial charge is 0.391 e. The summed E-state index contributed by atoms with van der Waals surface area (Å²) in [4.78, 5) is 0. The van der Waals surface area contributed by atoms with Crippen LogP contribution >= 0.6 is 0 Å². The van der Waals surface area contributed by atoms with Gasteiger partial charge in [-0.1, -0.05) is 0 Å². The molecule has 0 bridgehead atoms. The van der Waals surface area contributed by atoms with Crippen LogP contribution in [-0.4, -0.2) is 24.4 Å². The Hall–Kier alpha value is -0.0800. The Morgan fingerprint density at radius 1 is 1.50 bits per heavy atom. The molecule has 2 atom stereocenters. The maximum atomic E-state index is 8.91. The highest BCUT2D eigenvalue weighted by Gasteiger charge is 2.15. The predicted molar refractivity (Wildman–Crippen MR) is 30.3 cm³/mol. The molecule has 1 rings (SSSR count). The van der Waals surface area contributed by atoms with Crippen LogP contribution in [-0.2, 0) is 4.74 Å². The normalized spacial score (nSPS) is 39.8. The van der Waals surface area contributed by atoms with Crippen LogP contribution < -0.4 is 0 Å². The summed E-state index contributed by atoms with van der Waals surface area (Å²) in [5, 5.41) is 8.91. The van der Waals surface area contributed by atoms with Gasteiger partial charge in [-0.05, 0) is 19.3 Å². The zero-order valence-electron chi connectivity index (χ0n) is 4.84. The zero-order valence-corrected chi connectivity index (χ0v) is 4.84. The molecule has 0 spiro atoms. The Morgan fingerprint density at radius 2 is 2.25 bits per heavy atom. The quantitative estimate of drug-likeness (QED) is 0.489. The Kier molecular flexibility index (Phi) is 1.86. The molecular formula is C6H11O2. The maximum Gasteiger partial charge on any atom is 0.0777 e. The lowest BCUT2D eigenvalue weighted by atomic mass is 10.0. The highest BCUT2D eigenvalue weighted by atomic mass is 16.5. The topological polar surface area (TPSA) is 29.5 Å². The SMILES string of the molecule is [CH2]C1COCC(O)C1. The van der Waals surface area contributed by atoms with Gasteiger partial charge in [-0.25, -0.2) is 0 Å². The van der Waals surface area contributed by atoms with Crippen LogP contribution in [0.5, 0.6) is 0 Å². The van der Waals surface area contributed by atoms with Crippen LogP contribution in [0.1, 0.15) is 6.42 Å². The average Bonchev–Trinajstić information content (AvgIpc) is 1.64. The Labute approximate surface area is 49.5 Å². The molecule has 8 heavy (non-hydrogen) atoms. The molecule has 1 heterocycles. The lowest BCUT2D eigenvalue weighted by Crippen LogP contribution is -2.27. The minimum absolute atomic E-state index is 0.272. The molecule has 0 amide bonds. The van der Waals surface area contributed by atoms with Crippen LogP contribution in [0.25, 0.3) is 0 Å². The van der Waals surface area contributed by atoms with E-state index in [1.54, 1.807) is 0 Å². The van der Waals surface area contributed by atoms with Gasteiger partial charge in [-0.2, -0.15) is 0 Å². The summed E-state index contributed by atoms with van der Waals surface area (Å²) in [6.07, 6.45) is 0.520. The van der Waals surface area contributed by atoms with Crippen LogP contribution in [0.4, 0.5) is 0 Å². The lowest BCUT2D eigenvalue weighted by molar-refractivity contribution is -0.0252. The predicted octanol–water partition coefficient (Wildman–Crippen LogP) is 0.218. The molecule has 1 aliphatic heterocycles. The molecule has 0 aliphatic carbocycles. The fraction of sp³-hybridized carbons (Fsp3) is 0.833. The molecule has 0 aromatic heterocycles. The van der Waals surface area contributed by atoms with Crippen LogP contribution in [0.3, 0.4) is 0 Å². The molecule has 0 aromatic rings. The molecule has 1 fully saturated rings. The van der Waals surface area contributed by atoms with Crippen molar-refractivity contribution in [1.29, 1.82) is 0 Å². The molecule has 47 valence electrons. The van der Waals surface area contributed by atoms with Crippen molar-refractivity contribution in [3.63, 3.8) is 0 Å². The summed E-state index contributed by atoms with van der Waals surface area (Å²) in [7, 11) is 0. The number of hydrogen-bond donors (Lipinski definition) is 1. The number of rotatable bonds is 0. The van der Waals surface area contributed by atoms with Crippen molar-refractivity contribution in [3.8, 4) is 0 Å². The van der Waals surface area contributed by atoms with E-state index in [0.29, 0.717) is 19.1 Å². The van der Waals surface area contributed by atoms with Crippen molar-refractivity contribution in [2.75, 3.05) is 13.2 Å². The van der Waals surface area contributed by atoms with E-state index >= 15 is 0 Å². The molecule has 2 unspecified atom stereocenters. The zero-order chi connectivity index (χ0) is 5.98. The molecule has 1 aliphatic rings. The van der Waals surface area contributed by atoms with E-state index in [0.717, 1.165) is 6.42 Å². The van der Waals surface area contributed by atoms with Crippen molar-refractivity contribution in [1.82, 2.24) is 0 Å². The van der Waals surface area contributed by atoms with Gasteiger partial charge in [0.05, 0.1) is 12.7 Å². The smallest absolute Gasteiger partial charge is 0.0777 e. The first kappa shape index (κ1) is 6.05. The fourth-order valence-corrected chi connectivity index (χ4v) is 0.892. The van der Waals surface area contributed by atoms with E-state index < -0.39 is 0 Å². The standard InChI is InChI=1S/C6H11O2/c1-5-2-6(7)4-8-3-5/h5-7H,1-4H2. The van der Waals surface area contributed by atoms with Gasteiger partial charge in [0, 0.05) is 6.61 Å². The molecule has 1 N–H and O–H groups in total. The van der Waals surface area contributed by atoms with E-state index in [-0.39, 0.29) is 6.10 Å². The second-order valence-electron chi connectivity index (χ2n) is 2.29. The highest BCUT2D eigenvalue weighted by molar-refractivity contribution is 4.70. The van der Waals surface area contributed by atoms with Crippen molar-refractivity contribution in [2.24, 2.45) is 5.92 Å². The second-order valence-corrected chi connectivity index (χ2v) is 2.29. The average molecular weight is 115 g/mol. The minimum atomic E-state index is -0.272. The van der Waals surface area contributed by atoms with Crippen LogP contribution in [0.15, 0.2) is 0 Å². The van der Waals surface area contributed by atoms with Crippen molar-refractivity contribution in [3.05, 3.63) is 6.92 Å². The monoisotopic (exact) mass is 115 g/mol. The van der Waals surface area contributed by atoms with E-state index in [1.807, 2.05) is 0 Å². The number of hydrogen-bond acceptors (Lipinski definition) is 2. The lowest BCUT2D eigenvalue weighted by Gasteiger charge is -2.22. The van der Waals surface area contributed by atoms with Gasteiger partial charge in [0.2, 0.25) is 0 Å². The van der Waals surface area contributed by atoms with Crippen LogP contribution in [0.2, 0.25) is 0 Å². The summed E-state index contributed by atoms with van der Waals surface area (Å²) < 4.78 is 4.98. The van der Waals surface area contributed by atoms with E-state index in [4.69, 9.17) is 9.84 Å². The molecule has 2 nitrogen and oxygen atoms in total. The molecule has 1 radical (unpaired) electrons. The molecule has 0 saturated carbocycles. The first-order valence-corrected chi connectivity index (χ1v) is 2.88. The molecular weight excluding hydrogens is 104 g/mol. The maximum absolute atomic E-state index is 8.91. The van der Waals surface area contributed by atoms with Gasteiger partial charge in [0.25, 0.3) is 0 Å². The Morgan fingerprint density at radius 3 is 2.62 bits per heavy atom. The Bertz CT molecular complexity index is 64.9. The van der Waals surface area contributed by atoms with E-state index in [9.17, 15) is 0 Å². The van der Waals surface area contributed by atoms with Crippen molar-refractivity contribution in [2.45, 2.75) is 12.5 Å². The van der Waals surface area contributed by atoms with Gasteiger partial charge < -0.3 is 9.84 Å². The number of aliphatic hydroxyl groups is 1. The van der Waals surface area contributed by atoms with E-state index in [2.05, 4.69) is 6.92 Å². The molecule has 1 saturated heterocycles. The van der Waals surface area contributed by atoms with Gasteiger partial charge in [0.15, 0.2) is 0 Å². The third kappa shape index (κ3) is 1.46. The highest BCUT2D eigenvalue weighted by Crippen LogP contribution is 2.11.